The normalized spacial score (nSPS) is 19.4. The summed E-state index contributed by atoms with van der Waals surface area (Å²) in [6.45, 7) is 4.45. The number of aryl methyl sites for hydroxylation is 1. The monoisotopic (exact) mass is 507 g/mol. The van der Waals surface area contributed by atoms with Gasteiger partial charge in [-0.25, -0.2) is 18.3 Å². The van der Waals surface area contributed by atoms with Crippen molar-refractivity contribution in [3.8, 4) is 23.0 Å². The van der Waals surface area contributed by atoms with Crippen molar-refractivity contribution in [2.75, 3.05) is 20.3 Å². The maximum absolute atomic E-state index is 13.2. The zero-order valence-electron chi connectivity index (χ0n) is 21.3. The highest BCUT2D eigenvalue weighted by Gasteiger charge is 2.25. The number of alkyl halides is 2. The van der Waals surface area contributed by atoms with Crippen LogP contribution in [0.4, 0.5) is 13.6 Å². The molecular formula is C24H35F2N7O3. The molecule has 2 aromatic rings. The van der Waals surface area contributed by atoms with E-state index < -0.39 is 12.5 Å². The van der Waals surface area contributed by atoms with Gasteiger partial charge in [0.2, 0.25) is 11.9 Å². The number of ether oxygens (including phenoxy) is 2. The van der Waals surface area contributed by atoms with Crippen LogP contribution in [-0.2, 0) is 7.05 Å². The first-order valence-corrected chi connectivity index (χ1v) is 12.3. The number of pyridine rings is 1. The van der Waals surface area contributed by atoms with E-state index in [0.717, 1.165) is 12.8 Å². The predicted molar refractivity (Wildman–Crippen MR) is 129 cm³/mol. The van der Waals surface area contributed by atoms with E-state index in [1.54, 1.807) is 24.2 Å². The molecule has 2 aromatic heterocycles. The van der Waals surface area contributed by atoms with E-state index in [-0.39, 0.29) is 36.3 Å². The number of rotatable bonds is 5. The molecule has 1 aliphatic heterocycles. The zero-order valence-corrected chi connectivity index (χ0v) is 21.3. The number of nitrogens with one attached hydrogen (secondary N) is 2. The first kappa shape index (κ1) is 27.3. The highest BCUT2D eigenvalue weighted by molar-refractivity contribution is 5.75. The lowest BCUT2D eigenvalue weighted by molar-refractivity contribution is 0.127. The fourth-order valence-corrected chi connectivity index (χ4v) is 4.21. The molecule has 4 bridgehead atoms. The molecule has 1 unspecified atom stereocenters. The second-order valence-corrected chi connectivity index (χ2v) is 8.80. The fraction of sp³-hybridized carbons (Fsp3) is 0.625. The van der Waals surface area contributed by atoms with E-state index in [9.17, 15) is 13.6 Å². The van der Waals surface area contributed by atoms with Gasteiger partial charge in [0.05, 0.1) is 37.2 Å². The van der Waals surface area contributed by atoms with Gasteiger partial charge < -0.3 is 19.7 Å². The van der Waals surface area contributed by atoms with Crippen LogP contribution in [-0.4, -0.2) is 63.4 Å². The summed E-state index contributed by atoms with van der Waals surface area (Å²) in [6, 6.07) is 0.656. The molecular weight excluding hydrogens is 472 g/mol. The predicted octanol–water partition coefficient (Wildman–Crippen LogP) is 3.82. The summed E-state index contributed by atoms with van der Waals surface area (Å²) in [5.74, 6) is 0.898. The van der Waals surface area contributed by atoms with Crippen LogP contribution in [0.2, 0.25) is 0 Å². The molecule has 0 fully saturated rings. The van der Waals surface area contributed by atoms with Crippen molar-refractivity contribution in [3.05, 3.63) is 23.4 Å². The summed E-state index contributed by atoms with van der Waals surface area (Å²) in [7, 11) is 3.16. The number of nitrogens with zero attached hydrogens (tertiary/aromatic N) is 5. The van der Waals surface area contributed by atoms with E-state index in [1.165, 1.54) is 11.8 Å². The average molecular weight is 508 g/mol. The number of amides is 2. The summed E-state index contributed by atoms with van der Waals surface area (Å²) in [6.07, 6.45) is 1.88. The van der Waals surface area contributed by atoms with Crippen LogP contribution in [0.25, 0.3) is 11.4 Å². The third kappa shape index (κ3) is 6.67. The molecule has 0 aliphatic carbocycles. The van der Waals surface area contributed by atoms with Crippen LogP contribution in [0.3, 0.4) is 0 Å². The van der Waals surface area contributed by atoms with Crippen molar-refractivity contribution in [2.24, 2.45) is 7.05 Å². The molecule has 198 valence electrons. The molecule has 12 heteroatoms. The van der Waals surface area contributed by atoms with E-state index in [0.29, 0.717) is 48.8 Å². The third-order valence-corrected chi connectivity index (χ3v) is 6.32. The summed E-state index contributed by atoms with van der Waals surface area (Å²) in [4.78, 5) is 23.8. The van der Waals surface area contributed by atoms with Crippen molar-refractivity contribution in [2.45, 2.75) is 70.9 Å². The van der Waals surface area contributed by atoms with Gasteiger partial charge in [-0.1, -0.05) is 6.42 Å². The molecule has 1 aliphatic rings. The van der Waals surface area contributed by atoms with Crippen LogP contribution < -0.4 is 20.3 Å². The maximum Gasteiger partial charge on any atom is 0.318 e. The molecule has 36 heavy (non-hydrogen) atoms. The van der Waals surface area contributed by atoms with Crippen molar-refractivity contribution in [1.29, 1.82) is 5.41 Å². The molecule has 0 spiro atoms. The third-order valence-electron chi connectivity index (χ3n) is 6.32. The standard InChI is InChI=1S/C24H35F2N7O3/c1-5-33-15(2)18-13-17(19(35-4)14-28-18)22-30-23(21(27)32(3)31-22)36-12-8-6-7-9-16(29-24(33)34)10-11-20(25)26/h13-16,20,27H,5-12H2,1-4H3,(H,29,34)/t15-,16?/m1/s1. The van der Waals surface area contributed by atoms with Gasteiger partial charge in [0.25, 0.3) is 5.88 Å². The van der Waals surface area contributed by atoms with Gasteiger partial charge in [-0.05, 0) is 45.6 Å². The minimum atomic E-state index is -2.42. The van der Waals surface area contributed by atoms with Crippen LogP contribution >= 0.6 is 0 Å². The highest BCUT2D eigenvalue weighted by Crippen LogP contribution is 2.31. The lowest BCUT2D eigenvalue weighted by atomic mass is 10.0. The van der Waals surface area contributed by atoms with Crippen LogP contribution in [0.5, 0.6) is 11.6 Å². The molecule has 10 nitrogen and oxygen atoms in total. The van der Waals surface area contributed by atoms with Gasteiger partial charge in [0.1, 0.15) is 5.75 Å². The van der Waals surface area contributed by atoms with Crippen LogP contribution in [0, 0.1) is 5.41 Å². The Morgan fingerprint density at radius 3 is 2.81 bits per heavy atom. The lowest BCUT2D eigenvalue weighted by Crippen LogP contribution is -2.46. The average Bonchev–Trinajstić information content (AvgIpc) is 2.86. The number of hydrogen-bond donors (Lipinski definition) is 2. The topological polar surface area (TPSA) is 118 Å². The molecule has 3 rings (SSSR count). The first-order valence-electron chi connectivity index (χ1n) is 12.3. The Balaban J connectivity index is 2.03. The number of methoxy groups -OCH3 is 1. The zero-order chi connectivity index (χ0) is 26.2. The number of hydrogen-bond acceptors (Lipinski definition) is 7. The Bertz CT molecular complexity index is 1100. The molecule has 2 N–H and O–H groups in total. The number of carbonyl (C=O) groups is 1. The maximum atomic E-state index is 13.2. The number of aromatic nitrogens is 4. The van der Waals surface area contributed by atoms with Crippen molar-refractivity contribution < 1.29 is 23.0 Å². The number of urea groups is 1. The minimum absolute atomic E-state index is 0.0392. The molecule has 0 saturated heterocycles. The van der Waals surface area contributed by atoms with Crippen molar-refractivity contribution in [3.63, 3.8) is 0 Å². The molecule has 0 saturated carbocycles. The van der Waals surface area contributed by atoms with Gasteiger partial charge in [0, 0.05) is 26.1 Å². The smallest absolute Gasteiger partial charge is 0.318 e. The molecule has 2 amide bonds. The summed E-state index contributed by atoms with van der Waals surface area (Å²) in [5, 5.41) is 15.7. The summed E-state index contributed by atoms with van der Waals surface area (Å²) >= 11 is 0. The number of halogens is 2. The largest absolute Gasteiger partial charge is 0.494 e. The van der Waals surface area contributed by atoms with Gasteiger partial charge in [-0.2, -0.15) is 10.1 Å². The van der Waals surface area contributed by atoms with Gasteiger partial charge in [0.15, 0.2) is 5.82 Å². The Kier molecular flexibility index (Phi) is 9.54. The first-order chi connectivity index (χ1) is 17.2. The van der Waals surface area contributed by atoms with E-state index in [2.05, 4.69) is 20.4 Å². The molecule has 0 radical (unpaired) electrons. The highest BCUT2D eigenvalue weighted by atomic mass is 19.3. The van der Waals surface area contributed by atoms with Crippen LogP contribution in [0.15, 0.2) is 12.3 Å². The lowest BCUT2D eigenvalue weighted by Gasteiger charge is -2.30. The van der Waals surface area contributed by atoms with Crippen LogP contribution in [0.1, 0.15) is 64.1 Å². The number of fused-ring (bicyclic) bond motifs is 5. The Morgan fingerprint density at radius 2 is 2.11 bits per heavy atom. The van der Waals surface area contributed by atoms with E-state index in [1.807, 2.05) is 13.8 Å². The van der Waals surface area contributed by atoms with Crippen molar-refractivity contribution >= 4 is 6.03 Å². The Morgan fingerprint density at radius 1 is 1.33 bits per heavy atom. The Labute approximate surface area is 209 Å². The quantitative estimate of drug-likeness (QED) is 0.635. The molecule has 0 aromatic carbocycles. The molecule has 3 heterocycles. The van der Waals surface area contributed by atoms with Gasteiger partial charge >= 0.3 is 6.03 Å². The summed E-state index contributed by atoms with van der Waals surface area (Å²) < 4.78 is 38.5. The molecule has 2 atom stereocenters. The number of carbonyl (C=O) groups excluding carboxylic acids is 1. The Hall–Kier alpha value is -3.31. The minimum Gasteiger partial charge on any atom is -0.494 e. The van der Waals surface area contributed by atoms with Gasteiger partial charge in [-0.15, -0.1) is 0 Å². The van der Waals surface area contributed by atoms with Crippen molar-refractivity contribution in [1.82, 2.24) is 30.0 Å². The SMILES string of the molecule is CCN1C(=O)NC(CCC(F)F)CCCCCOc2nc(nn(C)c2=N)-c2cc(ncc2OC)[C@H]1C. The van der Waals surface area contributed by atoms with Gasteiger partial charge in [-0.3, -0.25) is 10.4 Å². The second kappa shape index (κ2) is 12.6. The fourth-order valence-electron chi connectivity index (χ4n) is 4.21. The van der Waals surface area contributed by atoms with E-state index in [4.69, 9.17) is 14.9 Å². The second-order valence-electron chi connectivity index (χ2n) is 8.80. The van der Waals surface area contributed by atoms with E-state index >= 15 is 0 Å². The summed E-state index contributed by atoms with van der Waals surface area (Å²) in [5.41, 5.74) is 1.17.